The third-order valence-corrected chi connectivity index (χ3v) is 9.72. The van der Waals surface area contributed by atoms with Gasteiger partial charge < -0.3 is 15.0 Å². The molecule has 1 aromatic carbocycles. The SMILES string of the molecule is CCCC(NC(=O)COc1ccc(C2SCCCS2)cc1)C(=O)N1CCc2sccc2C1. The Morgan fingerprint density at radius 3 is 2.72 bits per heavy atom. The van der Waals surface area contributed by atoms with Crippen LogP contribution in [0.1, 0.15) is 46.8 Å². The van der Waals surface area contributed by atoms with Gasteiger partial charge >= 0.3 is 0 Å². The molecule has 1 N–H and O–H groups in total. The first-order valence-electron chi connectivity index (χ1n) is 11.2. The molecule has 3 heterocycles. The Bertz CT molecular complexity index is 909. The lowest BCUT2D eigenvalue weighted by atomic mass is 10.1. The highest BCUT2D eigenvalue weighted by Gasteiger charge is 2.28. The second-order valence-corrected chi connectivity index (χ2v) is 11.8. The van der Waals surface area contributed by atoms with Gasteiger partial charge in [-0.05, 0) is 65.5 Å². The number of thiophene rings is 1. The molecule has 1 fully saturated rings. The fourth-order valence-electron chi connectivity index (χ4n) is 3.99. The molecule has 32 heavy (non-hydrogen) atoms. The number of nitrogens with zero attached hydrogens (tertiary/aromatic N) is 1. The van der Waals surface area contributed by atoms with Gasteiger partial charge in [0.25, 0.3) is 5.91 Å². The van der Waals surface area contributed by atoms with Crippen LogP contribution in [-0.4, -0.2) is 47.4 Å². The normalized spacial score (nSPS) is 17.5. The van der Waals surface area contributed by atoms with Crippen LogP contribution in [0.2, 0.25) is 0 Å². The van der Waals surface area contributed by atoms with Gasteiger partial charge in [0, 0.05) is 18.0 Å². The van der Waals surface area contributed by atoms with E-state index < -0.39 is 6.04 Å². The zero-order valence-electron chi connectivity index (χ0n) is 18.4. The van der Waals surface area contributed by atoms with Crippen molar-refractivity contribution in [3.63, 3.8) is 0 Å². The second-order valence-electron chi connectivity index (χ2n) is 8.07. The van der Waals surface area contributed by atoms with Crippen LogP contribution in [-0.2, 0) is 22.6 Å². The van der Waals surface area contributed by atoms with E-state index in [9.17, 15) is 9.59 Å². The molecule has 172 valence electrons. The lowest BCUT2D eigenvalue weighted by Gasteiger charge is -2.30. The summed E-state index contributed by atoms with van der Waals surface area (Å²) in [5.74, 6) is 2.84. The summed E-state index contributed by atoms with van der Waals surface area (Å²) >= 11 is 5.73. The molecule has 8 heteroatoms. The van der Waals surface area contributed by atoms with Crippen LogP contribution in [0.3, 0.4) is 0 Å². The minimum Gasteiger partial charge on any atom is -0.484 e. The molecular weight excluding hydrogens is 460 g/mol. The van der Waals surface area contributed by atoms with Gasteiger partial charge in [0.15, 0.2) is 6.61 Å². The number of carbonyl (C=O) groups excluding carboxylic acids is 2. The van der Waals surface area contributed by atoms with Gasteiger partial charge in [-0.15, -0.1) is 34.9 Å². The van der Waals surface area contributed by atoms with Crippen molar-refractivity contribution >= 4 is 46.7 Å². The van der Waals surface area contributed by atoms with Gasteiger partial charge in [0.05, 0.1) is 4.58 Å². The summed E-state index contributed by atoms with van der Waals surface area (Å²) in [5, 5.41) is 4.99. The summed E-state index contributed by atoms with van der Waals surface area (Å²) < 4.78 is 6.19. The first-order chi connectivity index (χ1) is 15.6. The highest BCUT2D eigenvalue weighted by molar-refractivity contribution is 8.16. The smallest absolute Gasteiger partial charge is 0.258 e. The lowest BCUT2D eigenvalue weighted by Crippen LogP contribution is -2.50. The molecule has 1 atom stereocenters. The Morgan fingerprint density at radius 2 is 1.97 bits per heavy atom. The van der Waals surface area contributed by atoms with Crippen LogP contribution in [0, 0.1) is 0 Å². The molecule has 1 saturated heterocycles. The zero-order valence-corrected chi connectivity index (χ0v) is 20.8. The third kappa shape index (κ3) is 6.02. The summed E-state index contributed by atoms with van der Waals surface area (Å²) in [6, 6.07) is 9.62. The van der Waals surface area contributed by atoms with Crippen LogP contribution in [0.25, 0.3) is 0 Å². The van der Waals surface area contributed by atoms with Crippen LogP contribution in [0.15, 0.2) is 35.7 Å². The van der Waals surface area contributed by atoms with Crippen molar-refractivity contribution in [3.05, 3.63) is 51.7 Å². The molecule has 0 radical (unpaired) electrons. The zero-order chi connectivity index (χ0) is 22.3. The molecule has 2 aliphatic rings. The van der Waals surface area contributed by atoms with Crippen molar-refractivity contribution in [3.8, 4) is 5.75 Å². The van der Waals surface area contributed by atoms with E-state index in [1.54, 1.807) is 11.3 Å². The molecule has 0 spiro atoms. The number of nitrogens with one attached hydrogen (secondary N) is 1. The predicted molar refractivity (Wildman–Crippen MR) is 134 cm³/mol. The van der Waals surface area contributed by atoms with E-state index >= 15 is 0 Å². The summed E-state index contributed by atoms with van der Waals surface area (Å²) in [4.78, 5) is 28.9. The van der Waals surface area contributed by atoms with Crippen LogP contribution in [0.5, 0.6) is 5.75 Å². The standard InChI is InChI=1S/C24H30N2O3S3/c1-2-4-20(23(28)26-11-9-21-18(15-26)10-14-30-21)25-22(27)16-29-19-7-5-17(6-8-19)24-31-12-3-13-32-24/h5-8,10,14,20,24H,2-4,9,11-13,15-16H2,1H3,(H,25,27). The topological polar surface area (TPSA) is 58.6 Å². The number of hydrogen-bond acceptors (Lipinski definition) is 6. The molecule has 2 aliphatic heterocycles. The lowest BCUT2D eigenvalue weighted by molar-refractivity contribution is -0.137. The Kier molecular flexibility index (Phi) is 8.43. The minimum atomic E-state index is -0.501. The maximum Gasteiger partial charge on any atom is 0.258 e. The number of rotatable bonds is 8. The number of fused-ring (bicyclic) bond motifs is 1. The highest BCUT2D eigenvalue weighted by atomic mass is 32.2. The van der Waals surface area contributed by atoms with Crippen LogP contribution < -0.4 is 10.1 Å². The molecule has 0 aliphatic carbocycles. The summed E-state index contributed by atoms with van der Waals surface area (Å²) in [5.41, 5.74) is 2.52. The minimum absolute atomic E-state index is 0.00360. The molecule has 1 aromatic heterocycles. The predicted octanol–water partition coefficient (Wildman–Crippen LogP) is 4.87. The summed E-state index contributed by atoms with van der Waals surface area (Å²) in [7, 11) is 0. The fourth-order valence-corrected chi connectivity index (χ4v) is 7.77. The average molecular weight is 491 g/mol. The van der Waals surface area contributed by atoms with Crippen molar-refractivity contribution in [2.75, 3.05) is 24.7 Å². The van der Waals surface area contributed by atoms with Crippen molar-refractivity contribution in [1.82, 2.24) is 10.2 Å². The Balaban J connectivity index is 1.28. The molecule has 2 amide bonds. The van der Waals surface area contributed by atoms with E-state index in [1.165, 1.54) is 33.9 Å². The molecule has 4 rings (SSSR count). The molecule has 5 nitrogen and oxygen atoms in total. The summed E-state index contributed by atoms with van der Waals surface area (Å²) in [6.45, 7) is 3.28. The van der Waals surface area contributed by atoms with Crippen LogP contribution >= 0.6 is 34.9 Å². The van der Waals surface area contributed by atoms with E-state index in [-0.39, 0.29) is 18.4 Å². The Labute approximate surface area is 202 Å². The quantitative estimate of drug-likeness (QED) is 0.572. The van der Waals surface area contributed by atoms with Crippen molar-refractivity contribution in [2.45, 2.75) is 49.8 Å². The molecular formula is C24H30N2O3S3. The number of carbonyl (C=O) groups is 2. The first kappa shape index (κ1) is 23.5. The van der Waals surface area contributed by atoms with Gasteiger partial charge in [-0.25, -0.2) is 0 Å². The molecule has 0 bridgehead atoms. The van der Waals surface area contributed by atoms with Gasteiger partial charge in [-0.1, -0.05) is 25.5 Å². The van der Waals surface area contributed by atoms with Crippen molar-refractivity contribution in [1.29, 1.82) is 0 Å². The van der Waals surface area contributed by atoms with Gasteiger partial charge in [0.2, 0.25) is 5.91 Å². The average Bonchev–Trinajstić information content (AvgIpc) is 3.31. The summed E-state index contributed by atoms with van der Waals surface area (Å²) in [6.07, 6.45) is 3.62. The van der Waals surface area contributed by atoms with Crippen molar-refractivity contribution < 1.29 is 14.3 Å². The van der Waals surface area contributed by atoms with E-state index in [0.29, 0.717) is 29.8 Å². The molecule has 0 saturated carbocycles. The van der Waals surface area contributed by atoms with Gasteiger partial charge in [-0.3, -0.25) is 9.59 Å². The number of ether oxygens (including phenoxy) is 1. The van der Waals surface area contributed by atoms with Gasteiger partial charge in [0.1, 0.15) is 11.8 Å². The van der Waals surface area contributed by atoms with E-state index in [2.05, 4.69) is 28.9 Å². The monoisotopic (exact) mass is 490 g/mol. The number of hydrogen-bond donors (Lipinski definition) is 1. The van der Waals surface area contributed by atoms with Crippen LogP contribution in [0.4, 0.5) is 0 Å². The maximum atomic E-state index is 13.1. The largest absolute Gasteiger partial charge is 0.484 e. The van der Waals surface area contributed by atoms with E-state index in [1.807, 2.05) is 47.5 Å². The Hall–Kier alpha value is -1.64. The number of thioether (sulfide) groups is 2. The highest BCUT2D eigenvalue weighted by Crippen LogP contribution is 2.43. The number of amides is 2. The van der Waals surface area contributed by atoms with Crippen molar-refractivity contribution in [2.24, 2.45) is 0 Å². The van der Waals surface area contributed by atoms with E-state index in [0.717, 1.165) is 12.8 Å². The van der Waals surface area contributed by atoms with E-state index in [4.69, 9.17) is 4.74 Å². The number of benzene rings is 1. The third-order valence-electron chi connectivity index (χ3n) is 5.68. The maximum absolute atomic E-state index is 13.1. The molecule has 2 aromatic rings. The van der Waals surface area contributed by atoms with Gasteiger partial charge in [-0.2, -0.15) is 0 Å². The molecule has 1 unspecified atom stereocenters. The second kappa shape index (κ2) is 11.5. The first-order valence-corrected chi connectivity index (χ1v) is 14.2. The Morgan fingerprint density at radius 1 is 1.19 bits per heavy atom. The fraction of sp³-hybridized carbons (Fsp3) is 0.500.